The first-order valence-corrected chi connectivity index (χ1v) is 8.77. The lowest BCUT2D eigenvalue weighted by Gasteiger charge is -2.24. The van der Waals surface area contributed by atoms with Crippen LogP contribution < -0.4 is 20.7 Å². The third-order valence-electron chi connectivity index (χ3n) is 4.25. The van der Waals surface area contributed by atoms with Crippen LogP contribution in [0, 0.1) is 0 Å². The van der Waals surface area contributed by atoms with E-state index >= 15 is 0 Å². The van der Waals surface area contributed by atoms with Gasteiger partial charge in [-0.2, -0.15) is 0 Å². The van der Waals surface area contributed by atoms with Gasteiger partial charge < -0.3 is 5.32 Å². The number of anilines is 1. The van der Waals surface area contributed by atoms with Crippen LogP contribution in [0.5, 0.6) is 0 Å². The number of amides is 2. The Balaban J connectivity index is 1.96. The zero-order valence-electron chi connectivity index (χ0n) is 15.1. The van der Waals surface area contributed by atoms with Gasteiger partial charge in [0.05, 0.1) is 6.54 Å². The molecule has 0 aliphatic rings. The van der Waals surface area contributed by atoms with Gasteiger partial charge in [0.1, 0.15) is 0 Å². The van der Waals surface area contributed by atoms with E-state index in [1.54, 1.807) is 11.0 Å². The van der Waals surface area contributed by atoms with Crippen LogP contribution in [0.3, 0.4) is 0 Å². The standard InChI is InChI=1S/C24H22N2O/c1-3-23(22-17-11-10-12-19(22)2)25-24(27)26(21-15-8-5-9-16-21)18-20-13-6-4-7-14-20/h3-17H,1-2,18H2,(H,25,27)/b23-22+. The first kappa shape index (κ1) is 18.2. The van der Waals surface area contributed by atoms with Gasteiger partial charge in [-0.3, -0.25) is 4.90 Å². The Hall–Kier alpha value is -3.59. The van der Waals surface area contributed by atoms with Crippen LogP contribution in [0.15, 0.2) is 97.6 Å². The van der Waals surface area contributed by atoms with Crippen molar-refractivity contribution in [2.45, 2.75) is 6.54 Å². The summed E-state index contributed by atoms with van der Waals surface area (Å²) in [6.07, 6.45) is 1.65. The normalized spacial score (nSPS) is 11.4. The summed E-state index contributed by atoms with van der Waals surface area (Å²) in [7, 11) is 0. The summed E-state index contributed by atoms with van der Waals surface area (Å²) >= 11 is 0. The van der Waals surface area contributed by atoms with Gasteiger partial charge in [-0.1, -0.05) is 86.0 Å². The molecule has 0 bridgehead atoms. The first-order chi connectivity index (χ1) is 13.2. The molecule has 0 heterocycles. The van der Waals surface area contributed by atoms with Crippen molar-refractivity contribution in [1.29, 1.82) is 0 Å². The minimum atomic E-state index is -0.219. The average Bonchev–Trinajstić information content (AvgIpc) is 2.72. The highest BCUT2D eigenvalue weighted by molar-refractivity contribution is 5.96. The summed E-state index contributed by atoms with van der Waals surface area (Å²) in [5.41, 5.74) is 2.51. The van der Waals surface area contributed by atoms with Crippen LogP contribution in [0.4, 0.5) is 10.5 Å². The minimum Gasteiger partial charge on any atom is -0.307 e. The zero-order chi connectivity index (χ0) is 19.1. The molecule has 0 spiro atoms. The molecule has 3 aromatic carbocycles. The number of nitrogens with one attached hydrogen (secondary N) is 1. The Morgan fingerprint density at radius 3 is 2.11 bits per heavy atom. The molecule has 2 amide bonds. The maximum atomic E-state index is 13.1. The third kappa shape index (κ3) is 4.53. The molecule has 0 saturated carbocycles. The second kappa shape index (κ2) is 8.68. The van der Waals surface area contributed by atoms with Crippen molar-refractivity contribution in [3.63, 3.8) is 0 Å². The molecular formula is C24H22N2O. The van der Waals surface area contributed by atoms with Crippen LogP contribution >= 0.6 is 0 Å². The van der Waals surface area contributed by atoms with Gasteiger partial charge in [-0.25, -0.2) is 4.79 Å². The molecule has 3 rings (SSSR count). The molecule has 1 N–H and O–H groups in total. The Bertz CT molecular complexity index is 1030. The monoisotopic (exact) mass is 354 g/mol. The fourth-order valence-electron chi connectivity index (χ4n) is 2.85. The number of para-hydroxylation sites is 1. The molecule has 3 heteroatoms. The first-order valence-electron chi connectivity index (χ1n) is 8.77. The molecular weight excluding hydrogens is 332 g/mol. The van der Waals surface area contributed by atoms with E-state index in [0.717, 1.165) is 21.7 Å². The summed E-state index contributed by atoms with van der Waals surface area (Å²) in [6.45, 7) is 8.35. The number of benzene rings is 3. The van der Waals surface area contributed by atoms with Crippen molar-refractivity contribution in [3.05, 3.63) is 114 Å². The summed E-state index contributed by atoms with van der Waals surface area (Å²) in [6, 6.07) is 27.0. The van der Waals surface area contributed by atoms with E-state index in [2.05, 4.69) is 18.5 Å². The van der Waals surface area contributed by atoms with Crippen molar-refractivity contribution in [3.8, 4) is 0 Å². The summed E-state index contributed by atoms with van der Waals surface area (Å²) in [4.78, 5) is 14.8. The molecule has 0 radical (unpaired) electrons. The van der Waals surface area contributed by atoms with Gasteiger partial charge in [0, 0.05) is 16.6 Å². The second-order valence-corrected chi connectivity index (χ2v) is 6.11. The fraction of sp³-hybridized carbons (Fsp3) is 0.0417. The fourth-order valence-corrected chi connectivity index (χ4v) is 2.85. The van der Waals surface area contributed by atoms with E-state index < -0.39 is 0 Å². The zero-order valence-corrected chi connectivity index (χ0v) is 15.1. The Morgan fingerprint density at radius 1 is 0.889 bits per heavy atom. The molecule has 0 unspecified atom stereocenters. The predicted octanol–water partition coefficient (Wildman–Crippen LogP) is 3.81. The van der Waals surface area contributed by atoms with E-state index in [1.165, 1.54) is 0 Å². The van der Waals surface area contributed by atoms with E-state index in [-0.39, 0.29) is 6.03 Å². The summed E-state index contributed by atoms with van der Waals surface area (Å²) in [5.74, 6) is 0. The smallest absolute Gasteiger partial charge is 0.307 e. The lowest BCUT2D eigenvalue weighted by molar-refractivity contribution is 0.249. The lowest BCUT2D eigenvalue weighted by Crippen LogP contribution is -2.41. The summed E-state index contributed by atoms with van der Waals surface area (Å²) < 4.78 is 0. The van der Waals surface area contributed by atoms with Crippen molar-refractivity contribution < 1.29 is 4.79 Å². The Kier molecular flexibility index (Phi) is 5.85. The van der Waals surface area contributed by atoms with Crippen LogP contribution in [-0.2, 0) is 6.54 Å². The molecule has 3 nitrogen and oxygen atoms in total. The van der Waals surface area contributed by atoms with E-state index in [9.17, 15) is 4.79 Å². The van der Waals surface area contributed by atoms with Crippen molar-refractivity contribution in [1.82, 2.24) is 5.32 Å². The second-order valence-electron chi connectivity index (χ2n) is 6.11. The number of nitrogens with zero attached hydrogens (tertiary/aromatic N) is 1. The average molecular weight is 354 g/mol. The maximum absolute atomic E-state index is 13.1. The quantitative estimate of drug-likeness (QED) is 0.742. The van der Waals surface area contributed by atoms with E-state index in [0.29, 0.717) is 12.2 Å². The van der Waals surface area contributed by atoms with Crippen molar-refractivity contribution in [2.75, 3.05) is 4.90 Å². The highest BCUT2D eigenvalue weighted by Gasteiger charge is 2.16. The van der Waals surface area contributed by atoms with Gasteiger partial charge in [-0.05, 0) is 29.0 Å². The Morgan fingerprint density at radius 2 is 1.48 bits per heavy atom. The number of urea groups is 1. The summed E-state index contributed by atoms with van der Waals surface area (Å²) in [5, 5.41) is 4.68. The highest BCUT2D eigenvalue weighted by atomic mass is 16.2. The van der Waals surface area contributed by atoms with Crippen LogP contribution in [0.25, 0.3) is 12.3 Å². The van der Waals surface area contributed by atoms with Gasteiger partial charge in [-0.15, -0.1) is 0 Å². The van der Waals surface area contributed by atoms with E-state index in [1.807, 2.05) is 84.9 Å². The van der Waals surface area contributed by atoms with Gasteiger partial charge >= 0.3 is 6.03 Å². The SMILES string of the molecule is C=C/C(NC(=O)N(Cc1ccccc1)c1ccccc1)=c1/ccccc1=C. The van der Waals surface area contributed by atoms with Gasteiger partial charge in [0.15, 0.2) is 0 Å². The topological polar surface area (TPSA) is 32.3 Å². The molecule has 27 heavy (non-hydrogen) atoms. The van der Waals surface area contributed by atoms with Crippen LogP contribution in [0.2, 0.25) is 0 Å². The number of carbonyl (C=O) groups is 1. The highest BCUT2D eigenvalue weighted by Crippen LogP contribution is 2.17. The lowest BCUT2D eigenvalue weighted by atomic mass is 10.2. The number of hydrogen-bond donors (Lipinski definition) is 1. The van der Waals surface area contributed by atoms with Crippen LogP contribution in [-0.4, -0.2) is 6.03 Å². The van der Waals surface area contributed by atoms with Crippen molar-refractivity contribution >= 4 is 24.0 Å². The molecule has 0 aliphatic heterocycles. The van der Waals surface area contributed by atoms with Gasteiger partial charge in [0.25, 0.3) is 0 Å². The Labute approximate surface area is 159 Å². The molecule has 134 valence electrons. The maximum Gasteiger partial charge on any atom is 0.326 e. The molecule has 0 fully saturated rings. The number of rotatable bonds is 5. The predicted molar refractivity (Wildman–Crippen MR) is 112 cm³/mol. The number of carbonyl (C=O) groups excluding carboxylic acids is 1. The molecule has 0 aliphatic carbocycles. The number of hydrogen-bond acceptors (Lipinski definition) is 1. The molecule has 0 aromatic heterocycles. The molecule has 0 atom stereocenters. The van der Waals surface area contributed by atoms with Crippen LogP contribution in [0.1, 0.15) is 5.56 Å². The minimum absolute atomic E-state index is 0.219. The largest absolute Gasteiger partial charge is 0.326 e. The third-order valence-corrected chi connectivity index (χ3v) is 4.25. The van der Waals surface area contributed by atoms with Gasteiger partial charge in [0.2, 0.25) is 0 Å². The van der Waals surface area contributed by atoms with E-state index in [4.69, 9.17) is 0 Å². The molecule has 0 saturated heterocycles. The van der Waals surface area contributed by atoms with Crippen molar-refractivity contribution in [2.24, 2.45) is 0 Å². The molecule has 3 aromatic rings.